The molecule has 0 radical (unpaired) electrons. The van der Waals surface area contributed by atoms with Crippen molar-refractivity contribution in [3.8, 4) is 6.07 Å². The number of aliphatic carboxylic acids is 2. The first-order valence-corrected chi connectivity index (χ1v) is 9.96. The van der Waals surface area contributed by atoms with Crippen LogP contribution in [0.3, 0.4) is 0 Å². The van der Waals surface area contributed by atoms with Crippen LogP contribution in [-0.2, 0) is 29.0 Å². The maximum Gasteiger partial charge on any atom is 0.303 e. The molecule has 1 heterocycles. The minimum atomic E-state index is -1.08. The van der Waals surface area contributed by atoms with Crippen molar-refractivity contribution < 1.29 is 19.8 Å². The molecule has 0 saturated heterocycles. The number of hydrogen-bond acceptors (Lipinski definition) is 5. The first-order chi connectivity index (χ1) is 14.4. The summed E-state index contributed by atoms with van der Waals surface area (Å²) in [6, 6.07) is 13.9. The number of carboxylic acids is 2. The Morgan fingerprint density at radius 1 is 1.03 bits per heavy atom. The van der Waals surface area contributed by atoms with Gasteiger partial charge in [-0.05, 0) is 60.8 Å². The lowest BCUT2D eigenvalue weighted by atomic mass is 10.0. The molecule has 30 heavy (non-hydrogen) atoms. The summed E-state index contributed by atoms with van der Waals surface area (Å²) < 4.78 is 0. The number of halogens is 1. The normalized spacial score (nSPS) is 12.4. The van der Waals surface area contributed by atoms with Gasteiger partial charge in [-0.3, -0.25) is 9.59 Å². The number of anilines is 1. The van der Waals surface area contributed by atoms with Gasteiger partial charge in [-0.2, -0.15) is 5.26 Å². The zero-order chi connectivity index (χ0) is 21.9. The summed E-state index contributed by atoms with van der Waals surface area (Å²) in [6.45, 7) is 2.71. The van der Waals surface area contributed by atoms with Crippen molar-refractivity contribution in [2.45, 2.75) is 32.2 Å². The summed E-state index contributed by atoms with van der Waals surface area (Å²) >= 11 is 6.40. The van der Waals surface area contributed by atoms with Gasteiger partial charge in [0.2, 0.25) is 0 Å². The molecule has 1 aliphatic heterocycles. The first kappa shape index (κ1) is 23.2. The van der Waals surface area contributed by atoms with Crippen LogP contribution in [-0.4, -0.2) is 35.2 Å². The van der Waals surface area contributed by atoms with Crippen LogP contribution in [0.2, 0.25) is 5.02 Å². The second kappa shape index (κ2) is 11.8. The Morgan fingerprint density at radius 3 is 2.27 bits per heavy atom. The zero-order valence-electron chi connectivity index (χ0n) is 16.4. The topological polar surface area (TPSA) is 122 Å². The van der Waals surface area contributed by atoms with Crippen LogP contribution in [0.15, 0.2) is 36.4 Å². The average molecular weight is 430 g/mol. The Morgan fingerprint density at radius 2 is 1.67 bits per heavy atom. The number of carboxylic acid groups (broad SMARTS) is 2. The van der Waals surface area contributed by atoms with E-state index in [-0.39, 0.29) is 12.8 Å². The van der Waals surface area contributed by atoms with Gasteiger partial charge in [0.1, 0.15) is 0 Å². The number of hydrogen-bond donors (Lipinski definition) is 4. The van der Waals surface area contributed by atoms with Crippen molar-refractivity contribution in [3.63, 3.8) is 0 Å². The highest BCUT2D eigenvalue weighted by molar-refractivity contribution is 6.33. The predicted molar refractivity (Wildman–Crippen MR) is 115 cm³/mol. The molecule has 0 saturated carbocycles. The fourth-order valence-electron chi connectivity index (χ4n) is 3.04. The molecule has 7 nitrogen and oxygen atoms in total. The highest BCUT2D eigenvalue weighted by Gasteiger charge is 2.14. The van der Waals surface area contributed by atoms with Gasteiger partial charge in [-0.25, -0.2) is 0 Å². The highest BCUT2D eigenvalue weighted by Crippen LogP contribution is 2.31. The molecule has 0 aliphatic carbocycles. The minimum Gasteiger partial charge on any atom is -0.481 e. The zero-order valence-corrected chi connectivity index (χ0v) is 17.2. The predicted octanol–water partition coefficient (Wildman–Crippen LogP) is 3.45. The molecule has 8 heteroatoms. The minimum absolute atomic E-state index is 0.296. The molecule has 0 spiro atoms. The van der Waals surface area contributed by atoms with E-state index in [2.05, 4.69) is 22.8 Å². The van der Waals surface area contributed by atoms with Gasteiger partial charge in [0.05, 0.1) is 35.2 Å². The van der Waals surface area contributed by atoms with E-state index in [1.165, 1.54) is 11.1 Å². The molecule has 0 bridgehead atoms. The van der Waals surface area contributed by atoms with Crippen molar-refractivity contribution in [3.05, 3.63) is 63.7 Å². The number of benzene rings is 2. The van der Waals surface area contributed by atoms with Gasteiger partial charge in [0.15, 0.2) is 0 Å². The smallest absolute Gasteiger partial charge is 0.303 e. The average Bonchev–Trinajstić information content (AvgIpc) is 2.98. The number of rotatable bonds is 6. The van der Waals surface area contributed by atoms with E-state index in [0.29, 0.717) is 12.1 Å². The van der Waals surface area contributed by atoms with Crippen LogP contribution in [0.5, 0.6) is 0 Å². The summed E-state index contributed by atoms with van der Waals surface area (Å²) in [5.41, 5.74) is 5.57. The van der Waals surface area contributed by atoms with E-state index in [1.54, 1.807) is 0 Å². The van der Waals surface area contributed by atoms with E-state index in [9.17, 15) is 9.59 Å². The molecule has 1 aliphatic rings. The second-order valence-electron chi connectivity index (χ2n) is 6.76. The third-order valence-electron chi connectivity index (χ3n) is 4.59. The van der Waals surface area contributed by atoms with Crippen LogP contribution < -0.4 is 10.6 Å². The molecule has 3 rings (SSSR count). The highest BCUT2D eigenvalue weighted by atomic mass is 35.5. The first-order valence-electron chi connectivity index (χ1n) is 9.58. The molecule has 2 aromatic carbocycles. The number of fused-ring (bicyclic) bond motifs is 1. The second-order valence-corrected chi connectivity index (χ2v) is 7.17. The number of nitrogens with zero attached hydrogens (tertiary/aromatic N) is 1. The maximum atomic E-state index is 9.64. The van der Waals surface area contributed by atoms with Crippen molar-refractivity contribution in [1.82, 2.24) is 5.32 Å². The lowest BCUT2D eigenvalue weighted by Gasteiger charge is -2.16. The van der Waals surface area contributed by atoms with Crippen molar-refractivity contribution in [2.24, 2.45) is 0 Å². The van der Waals surface area contributed by atoms with E-state index >= 15 is 0 Å². The summed E-state index contributed by atoms with van der Waals surface area (Å²) in [5, 5.41) is 32.3. The van der Waals surface area contributed by atoms with E-state index in [0.717, 1.165) is 42.2 Å². The SMILES string of the molecule is N#Cc1ccc(CNc2c(Cl)ccc3c2CCNCC3)cc1.O=C(O)CCC(=O)O. The van der Waals surface area contributed by atoms with Gasteiger partial charge < -0.3 is 20.8 Å². The summed E-state index contributed by atoms with van der Waals surface area (Å²) in [5.74, 6) is -2.15. The van der Waals surface area contributed by atoms with Crippen LogP contribution in [0.1, 0.15) is 35.1 Å². The monoisotopic (exact) mass is 429 g/mol. The molecular weight excluding hydrogens is 406 g/mol. The Balaban J connectivity index is 0.000000343. The largest absolute Gasteiger partial charge is 0.481 e. The van der Waals surface area contributed by atoms with Gasteiger partial charge in [-0.15, -0.1) is 0 Å². The Labute approximate surface area is 180 Å². The third kappa shape index (κ3) is 7.39. The molecule has 158 valence electrons. The molecule has 0 aromatic heterocycles. The Bertz CT molecular complexity index is 909. The molecule has 0 unspecified atom stereocenters. The molecule has 2 aromatic rings. The summed E-state index contributed by atoms with van der Waals surface area (Å²) in [4.78, 5) is 19.3. The summed E-state index contributed by atoms with van der Waals surface area (Å²) in [6.07, 6.45) is 1.44. The summed E-state index contributed by atoms with van der Waals surface area (Å²) in [7, 11) is 0. The molecule has 0 atom stereocenters. The fourth-order valence-corrected chi connectivity index (χ4v) is 3.28. The molecule has 0 amide bonds. The van der Waals surface area contributed by atoms with Gasteiger partial charge >= 0.3 is 11.9 Å². The van der Waals surface area contributed by atoms with Crippen LogP contribution in [0.4, 0.5) is 5.69 Å². The Kier molecular flexibility index (Phi) is 9.13. The van der Waals surface area contributed by atoms with Crippen molar-refractivity contribution >= 4 is 29.2 Å². The molecule has 0 fully saturated rings. The lowest BCUT2D eigenvalue weighted by molar-refractivity contribution is -0.143. The van der Waals surface area contributed by atoms with E-state index in [4.69, 9.17) is 27.1 Å². The van der Waals surface area contributed by atoms with E-state index < -0.39 is 11.9 Å². The van der Waals surface area contributed by atoms with Gasteiger partial charge in [-0.1, -0.05) is 29.8 Å². The van der Waals surface area contributed by atoms with E-state index in [1.807, 2.05) is 30.3 Å². The number of carbonyl (C=O) groups is 2. The lowest BCUT2D eigenvalue weighted by Crippen LogP contribution is -2.16. The standard InChI is InChI=1S/C18H18ClN3.C4H6O4/c19-17-6-5-15-7-9-21-10-8-16(15)18(17)22-12-14-3-1-13(11-20)2-4-14;5-3(6)1-2-4(7)8/h1-6,21-22H,7-10,12H2;1-2H2,(H,5,6)(H,7,8). The van der Waals surface area contributed by atoms with Crippen molar-refractivity contribution in [2.75, 3.05) is 18.4 Å². The van der Waals surface area contributed by atoms with Gasteiger partial charge in [0.25, 0.3) is 0 Å². The van der Waals surface area contributed by atoms with Crippen molar-refractivity contribution in [1.29, 1.82) is 5.26 Å². The fraction of sp³-hybridized carbons (Fsp3) is 0.318. The van der Waals surface area contributed by atoms with Crippen LogP contribution in [0.25, 0.3) is 0 Å². The Hall–Kier alpha value is -3.08. The number of nitriles is 1. The molecular formula is C22H24ClN3O4. The maximum absolute atomic E-state index is 9.64. The van der Waals surface area contributed by atoms with Crippen LogP contribution in [0, 0.1) is 11.3 Å². The molecule has 4 N–H and O–H groups in total. The quantitative estimate of drug-likeness (QED) is 0.554. The van der Waals surface area contributed by atoms with Gasteiger partial charge in [0, 0.05) is 6.54 Å². The van der Waals surface area contributed by atoms with Crippen LogP contribution >= 0.6 is 11.6 Å². The number of nitrogens with one attached hydrogen (secondary N) is 2. The third-order valence-corrected chi connectivity index (χ3v) is 4.90.